The molecule has 0 amide bonds. The molecule has 2 heterocycles. The van der Waals surface area contributed by atoms with Gasteiger partial charge in [0.25, 0.3) is 0 Å². The molecule has 3 aromatic rings. The Hall–Kier alpha value is -1.94. The van der Waals surface area contributed by atoms with Gasteiger partial charge in [0, 0.05) is 17.3 Å². The summed E-state index contributed by atoms with van der Waals surface area (Å²) >= 11 is 1.69. The van der Waals surface area contributed by atoms with Crippen LogP contribution in [0.5, 0.6) is 0 Å². The molecule has 0 fully saturated rings. The van der Waals surface area contributed by atoms with E-state index in [-0.39, 0.29) is 0 Å². The van der Waals surface area contributed by atoms with Gasteiger partial charge in [-0.1, -0.05) is 30.3 Å². The van der Waals surface area contributed by atoms with Crippen molar-refractivity contribution in [1.29, 1.82) is 0 Å². The summed E-state index contributed by atoms with van der Waals surface area (Å²) < 4.78 is 0. The van der Waals surface area contributed by atoms with Crippen LogP contribution in [0.2, 0.25) is 0 Å². The van der Waals surface area contributed by atoms with Gasteiger partial charge in [0.1, 0.15) is 5.69 Å². The van der Waals surface area contributed by atoms with Crippen LogP contribution in [0.3, 0.4) is 0 Å². The molecule has 4 heteroatoms. The van der Waals surface area contributed by atoms with E-state index < -0.39 is 0 Å². The predicted octanol–water partition coefficient (Wildman–Crippen LogP) is 3.79. The zero-order valence-corrected chi connectivity index (χ0v) is 10.9. The van der Waals surface area contributed by atoms with E-state index in [2.05, 4.69) is 46.0 Å². The molecule has 0 atom stereocenters. The molecule has 90 valence electrons. The second-order valence-electron chi connectivity index (χ2n) is 3.95. The lowest BCUT2D eigenvalue weighted by Gasteiger charge is -2.08. The summed E-state index contributed by atoms with van der Waals surface area (Å²) in [6.45, 7) is 2.90. The van der Waals surface area contributed by atoms with Crippen LogP contribution in [0, 0.1) is 0 Å². The highest BCUT2D eigenvalue weighted by molar-refractivity contribution is 7.13. The Bertz CT molecular complexity index is 662. The summed E-state index contributed by atoms with van der Waals surface area (Å²) in [6.07, 6.45) is 0. The van der Waals surface area contributed by atoms with Gasteiger partial charge in [-0.3, -0.25) is 0 Å². The van der Waals surface area contributed by atoms with Crippen LogP contribution < -0.4 is 5.32 Å². The van der Waals surface area contributed by atoms with E-state index in [9.17, 15) is 0 Å². The first-order valence-corrected chi connectivity index (χ1v) is 6.81. The van der Waals surface area contributed by atoms with Crippen molar-refractivity contribution in [2.45, 2.75) is 6.92 Å². The highest BCUT2D eigenvalue weighted by Crippen LogP contribution is 2.31. The lowest BCUT2D eigenvalue weighted by molar-refractivity contribution is 1.04. The molecule has 0 saturated heterocycles. The highest BCUT2D eigenvalue weighted by atomic mass is 32.1. The van der Waals surface area contributed by atoms with Crippen LogP contribution in [0.4, 0.5) is 5.82 Å². The van der Waals surface area contributed by atoms with E-state index in [4.69, 9.17) is 0 Å². The molecular formula is C14H13N3S. The maximum atomic E-state index is 4.37. The molecule has 1 aromatic carbocycles. The quantitative estimate of drug-likeness (QED) is 0.773. The van der Waals surface area contributed by atoms with Crippen molar-refractivity contribution in [1.82, 2.24) is 10.2 Å². The third-order valence-electron chi connectivity index (χ3n) is 2.79. The topological polar surface area (TPSA) is 37.8 Å². The summed E-state index contributed by atoms with van der Waals surface area (Å²) in [5, 5.41) is 16.2. The van der Waals surface area contributed by atoms with Crippen LogP contribution in [0.15, 0.2) is 41.8 Å². The second kappa shape index (κ2) is 4.74. The Morgan fingerprint density at radius 3 is 2.61 bits per heavy atom. The predicted molar refractivity (Wildman–Crippen MR) is 77.0 cm³/mol. The van der Waals surface area contributed by atoms with Gasteiger partial charge < -0.3 is 5.32 Å². The molecule has 18 heavy (non-hydrogen) atoms. The van der Waals surface area contributed by atoms with Crippen LogP contribution >= 0.6 is 11.3 Å². The average Bonchev–Trinajstić information content (AvgIpc) is 2.93. The molecule has 3 nitrogen and oxygen atoms in total. The van der Waals surface area contributed by atoms with E-state index in [0.29, 0.717) is 0 Å². The van der Waals surface area contributed by atoms with Crippen LogP contribution in [0.1, 0.15) is 6.92 Å². The van der Waals surface area contributed by atoms with Gasteiger partial charge in [-0.15, -0.1) is 21.5 Å². The highest BCUT2D eigenvalue weighted by Gasteiger charge is 2.10. The zero-order valence-electron chi connectivity index (χ0n) is 10.1. The maximum Gasteiger partial charge on any atom is 0.156 e. The standard InChI is InChI=1S/C14H13N3S/c1-2-15-14-11-7-4-3-6-10(11)13(16-17-14)12-8-5-9-18-12/h3-9H,2H2,1H3,(H,15,17). The van der Waals surface area contributed by atoms with Crippen molar-refractivity contribution >= 4 is 27.9 Å². The van der Waals surface area contributed by atoms with Gasteiger partial charge >= 0.3 is 0 Å². The van der Waals surface area contributed by atoms with Crippen molar-refractivity contribution < 1.29 is 0 Å². The molecule has 0 radical (unpaired) electrons. The van der Waals surface area contributed by atoms with Gasteiger partial charge in [-0.25, -0.2) is 0 Å². The van der Waals surface area contributed by atoms with E-state index in [0.717, 1.165) is 33.7 Å². The Morgan fingerprint density at radius 2 is 1.89 bits per heavy atom. The van der Waals surface area contributed by atoms with Crippen molar-refractivity contribution in [2.24, 2.45) is 0 Å². The fourth-order valence-electron chi connectivity index (χ4n) is 2.00. The fourth-order valence-corrected chi connectivity index (χ4v) is 2.72. The zero-order chi connectivity index (χ0) is 12.4. The molecule has 0 aliphatic heterocycles. The Kier molecular flexibility index (Phi) is 2.94. The van der Waals surface area contributed by atoms with Crippen molar-refractivity contribution in [3.63, 3.8) is 0 Å². The summed E-state index contributed by atoms with van der Waals surface area (Å²) in [6, 6.07) is 12.4. The first-order valence-electron chi connectivity index (χ1n) is 5.93. The smallest absolute Gasteiger partial charge is 0.156 e. The molecule has 2 aromatic heterocycles. The number of aromatic nitrogens is 2. The van der Waals surface area contributed by atoms with Crippen LogP contribution in [-0.2, 0) is 0 Å². The number of rotatable bonds is 3. The molecule has 1 N–H and O–H groups in total. The molecule has 3 rings (SSSR count). The number of anilines is 1. The second-order valence-corrected chi connectivity index (χ2v) is 4.90. The number of hydrogen-bond donors (Lipinski definition) is 1. The van der Waals surface area contributed by atoms with Gasteiger partial charge in [0.2, 0.25) is 0 Å². The largest absolute Gasteiger partial charge is 0.368 e. The number of nitrogens with zero attached hydrogens (tertiary/aromatic N) is 2. The van der Waals surface area contributed by atoms with Gasteiger partial charge in [-0.2, -0.15) is 0 Å². The summed E-state index contributed by atoms with van der Waals surface area (Å²) in [7, 11) is 0. The van der Waals surface area contributed by atoms with E-state index in [1.165, 1.54) is 0 Å². The number of hydrogen-bond acceptors (Lipinski definition) is 4. The molecule has 0 aliphatic carbocycles. The number of thiophene rings is 1. The number of nitrogens with one attached hydrogen (secondary N) is 1. The Balaban J connectivity index is 2.26. The number of fused-ring (bicyclic) bond motifs is 1. The lowest BCUT2D eigenvalue weighted by atomic mass is 10.1. The van der Waals surface area contributed by atoms with Gasteiger partial charge in [0.05, 0.1) is 4.88 Å². The SMILES string of the molecule is CCNc1nnc(-c2cccs2)c2ccccc12. The van der Waals surface area contributed by atoms with Crippen molar-refractivity contribution in [2.75, 3.05) is 11.9 Å². The Morgan fingerprint density at radius 1 is 1.06 bits per heavy atom. The molecule has 0 bridgehead atoms. The molecule has 0 aliphatic rings. The Labute approximate surface area is 109 Å². The minimum absolute atomic E-state index is 0.844. The first kappa shape index (κ1) is 11.2. The molecule has 0 unspecified atom stereocenters. The third kappa shape index (κ3) is 1.84. The van der Waals surface area contributed by atoms with Gasteiger partial charge in [-0.05, 0) is 18.4 Å². The minimum Gasteiger partial charge on any atom is -0.368 e. The van der Waals surface area contributed by atoms with Crippen LogP contribution in [-0.4, -0.2) is 16.7 Å². The molecule has 0 spiro atoms. The normalized spacial score (nSPS) is 10.7. The minimum atomic E-state index is 0.844. The molecule has 0 saturated carbocycles. The monoisotopic (exact) mass is 255 g/mol. The fraction of sp³-hybridized carbons (Fsp3) is 0.143. The van der Waals surface area contributed by atoms with Crippen molar-refractivity contribution in [3.05, 3.63) is 41.8 Å². The third-order valence-corrected chi connectivity index (χ3v) is 3.66. The maximum absolute atomic E-state index is 4.37. The summed E-state index contributed by atoms with van der Waals surface area (Å²) in [4.78, 5) is 1.15. The molecular weight excluding hydrogens is 242 g/mol. The van der Waals surface area contributed by atoms with E-state index in [1.54, 1.807) is 11.3 Å². The summed E-state index contributed by atoms with van der Waals surface area (Å²) in [5.41, 5.74) is 0.960. The van der Waals surface area contributed by atoms with Gasteiger partial charge in [0.15, 0.2) is 5.82 Å². The number of benzene rings is 1. The average molecular weight is 255 g/mol. The summed E-state index contributed by atoms with van der Waals surface area (Å²) in [5.74, 6) is 0.855. The van der Waals surface area contributed by atoms with Crippen molar-refractivity contribution in [3.8, 4) is 10.6 Å². The van der Waals surface area contributed by atoms with E-state index in [1.807, 2.05) is 18.2 Å². The van der Waals surface area contributed by atoms with Crippen LogP contribution in [0.25, 0.3) is 21.3 Å². The lowest BCUT2D eigenvalue weighted by Crippen LogP contribution is -2.02. The first-order chi connectivity index (χ1) is 8.90. The van der Waals surface area contributed by atoms with E-state index >= 15 is 0 Å².